The molecule has 1 unspecified atom stereocenters. The molecule has 0 saturated heterocycles. The number of benzene rings is 2. The number of hydrogen-bond donors (Lipinski definition) is 1. The molecule has 1 heterocycles. The van der Waals surface area contributed by atoms with E-state index in [0.29, 0.717) is 12.1 Å². The molecule has 1 N–H and O–H groups in total. The van der Waals surface area contributed by atoms with Gasteiger partial charge < -0.3 is 5.32 Å². The van der Waals surface area contributed by atoms with Crippen molar-refractivity contribution in [3.63, 3.8) is 0 Å². The average molecular weight is 310 g/mol. The first-order valence-corrected chi connectivity index (χ1v) is 7.18. The van der Waals surface area contributed by atoms with Gasteiger partial charge in [-0.1, -0.05) is 30.3 Å². The van der Waals surface area contributed by atoms with Crippen LogP contribution in [0.2, 0.25) is 0 Å². The van der Waals surface area contributed by atoms with Gasteiger partial charge in [0.05, 0.1) is 25.0 Å². The van der Waals surface area contributed by atoms with Crippen LogP contribution in [0.4, 0.5) is 4.39 Å². The average Bonchev–Trinajstić information content (AvgIpc) is 3.09. The fourth-order valence-electron chi connectivity index (χ4n) is 2.26. The molecule has 1 aromatic heterocycles. The van der Waals surface area contributed by atoms with Crippen LogP contribution in [0.15, 0.2) is 67.0 Å². The van der Waals surface area contributed by atoms with Gasteiger partial charge in [-0.15, -0.1) is 0 Å². The van der Waals surface area contributed by atoms with Crippen molar-refractivity contribution in [3.05, 3.63) is 83.9 Å². The van der Waals surface area contributed by atoms with Crippen LogP contribution in [0.1, 0.15) is 22.0 Å². The van der Waals surface area contributed by atoms with Gasteiger partial charge in [-0.3, -0.25) is 4.79 Å². The quantitative estimate of drug-likeness (QED) is 0.788. The van der Waals surface area contributed by atoms with Crippen molar-refractivity contribution in [1.29, 1.82) is 0 Å². The molecule has 23 heavy (non-hydrogen) atoms. The first-order chi connectivity index (χ1) is 11.2. The Morgan fingerprint density at radius 1 is 1.04 bits per heavy atom. The summed E-state index contributed by atoms with van der Waals surface area (Å²) in [5.41, 5.74) is 1.35. The molecule has 5 nitrogen and oxygen atoms in total. The lowest BCUT2D eigenvalue weighted by molar-refractivity contribution is 0.0930. The topological polar surface area (TPSA) is 59.8 Å². The van der Waals surface area contributed by atoms with Crippen molar-refractivity contribution in [2.45, 2.75) is 12.6 Å². The number of carbonyl (C=O) groups is 1. The Morgan fingerprint density at radius 2 is 1.70 bits per heavy atom. The van der Waals surface area contributed by atoms with Crippen LogP contribution in [-0.4, -0.2) is 20.9 Å². The zero-order valence-corrected chi connectivity index (χ0v) is 12.3. The van der Waals surface area contributed by atoms with E-state index in [-0.39, 0.29) is 17.8 Å². The normalized spacial score (nSPS) is 11.9. The molecule has 0 spiro atoms. The number of nitrogens with one attached hydrogen (secondary N) is 1. The number of carbonyl (C=O) groups excluding carboxylic acids is 1. The monoisotopic (exact) mass is 310 g/mol. The van der Waals surface area contributed by atoms with Gasteiger partial charge in [-0.05, 0) is 29.8 Å². The van der Waals surface area contributed by atoms with Crippen molar-refractivity contribution in [2.75, 3.05) is 0 Å². The zero-order valence-electron chi connectivity index (χ0n) is 12.3. The lowest BCUT2D eigenvalue weighted by Gasteiger charge is -2.19. The minimum absolute atomic E-state index is 0.272. The molecule has 3 aromatic rings. The highest BCUT2D eigenvalue weighted by Gasteiger charge is 2.17. The fraction of sp³-hybridized carbons (Fsp3) is 0.118. The minimum atomic E-state index is -0.373. The van der Waals surface area contributed by atoms with Crippen LogP contribution >= 0.6 is 0 Å². The number of hydrogen-bond acceptors (Lipinski definition) is 3. The third kappa shape index (κ3) is 3.79. The molecule has 1 atom stereocenters. The number of halogens is 1. The van der Waals surface area contributed by atoms with Crippen molar-refractivity contribution >= 4 is 5.91 Å². The van der Waals surface area contributed by atoms with E-state index in [1.54, 1.807) is 12.4 Å². The maximum absolute atomic E-state index is 13.0. The van der Waals surface area contributed by atoms with E-state index in [0.717, 1.165) is 5.56 Å². The Labute approximate surface area is 132 Å². The van der Waals surface area contributed by atoms with Crippen molar-refractivity contribution in [3.8, 4) is 0 Å². The van der Waals surface area contributed by atoms with E-state index >= 15 is 0 Å². The van der Waals surface area contributed by atoms with Crippen LogP contribution in [0.3, 0.4) is 0 Å². The van der Waals surface area contributed by atoms with Crippen LogP contribution in [0.25, 0.3) is 0 Å². The summed E-state index contributed by atoms with van der Waals surface area (Å²) in [4.78, 5) is 13.9. The maximum atomic E-state index is 13.0. The predicted octanol–water partition coefficient (Wildman–Crippen LogP) is 2.59. The number of aromatic nitrogens is 3. The summed E-state index contributed by atoms with van der Waals surface area (Å²) in [5.74, 6) is -0.645. The summed E-state index contributed by atoms with van der Waals surface area (Å²) in [5, 5.41) is 11.1. The van der Waals surface area contributed by atoms with Gasteiger partial charge >= 0.3 is 0 Å². The van der Waals surface area contributed by atoms with Gasteiger partial charge in [0, 0.05) is 5.56 Å². The Morgan fingerprint density at radius 3 is 2.35 bits per heavy atom. The van der Waals surface area contributed by atoms with Crippen LogP contribution in [-0.2, 0) is 6.54 Å². The molecule has 0 aliphatic carbocycles. The van der Waals surface area contributed by atoms with Gasteiger partial charge in [0.15, 0.2) is 0 Å². The van der Waals surface area contributed by atoms with E-state index in [1.807, 2.05) is 30.3 Å². The molecule has 1 amide bonds. The molecule has 0 aliphatic rings. The van der Waals surface area contributed by atoms with Crippen molar-refractivity contribution in [1.82, 2.24) is 20.3 Å². The summed E-state index contributed by atoms with van der Waals surface area (Å²) < 4.78 is 13.0. The summed E-state index contributed by atoms with van der Waals surface area (Å²) in [6, 6.07) is 14.7. The van der Waals surface area contributed by atoms with Gasteiger partial charge in [0.2, 0.25) is 0 Å². The molecule has 0 saturated carbocycles. The third-order valence-electron chi connectivity index (χ3n) is 3.43. The summed E-state index contributed by atoms with van der Waals surface area (Å²) in [7, 11) is 0. The Bertz CT molecular complexity index is 757. The molecule has 6 heteroatoms. The standard InChI is InChI=1S/C17H15FN4O/c18-15-8-6-14(7-9-15)17(23)21-16(12-22-19-10-11-20-22)13-4-2-1-3-5-13/h1-11,16H,12H2,(H,21,23). The minimum Gasteiger partial charge on any atom is -0.343 e. The number of amides is 1. The molecule has 2 aromatic carbocycles. The number of nitrogens with zero attached hydrogens (tertiary/aromatic N) is 3. The SMILES string of the molecule is O=C(NC(Cn1nccn1)c1ccccc1)c1ccc(F)cc1. The van der Waals surface area contributed by atoms with Crippen molar-refractivity contribution in [2.24, 2.45) is 0 Å². The molecular formula is C17H15FN4O. The maximum Gasteiger partial charge on any atom is 0.251 e. The van der Waals surface area contributed by atoms with E-state index < -0.39 is 0 Å². The van der Waals surface area contributed by atoms with Gasteiger partial charge in [0.25, 0.3) is 5.91 Å². The van der Waals surface area contributed by atoms with E-state index in [1.165, 1.54) is 29.1 Å². The van der Waals surface area contributed by atoms with Gasteiger partial charge in [0.1, 0.15) is 5.82 Å². The third-order valence-corrected chi connectivity index (χ3v) is 3.43. The van der Waals surface area contributed by atoms with Crippen LogP contribution in [0, 0.1) is 5.82 Å². The fourth-order valence-corrected chi connectivity index (χ4v) is 2.26. The van der Waals surface area contributed by atoms with E-state index in [2.05, 4.69) is 15.5 Å². The lowest BCUT2D eigenvalue weighted by atomic mass is 10.1. The molecular weight excluding hydrogens is 295 g/mol. The van der Waals surface area contributed by atoms with Crippen molar-refractivity contribution < 1.29 is 9.18 Å². The molecule has 116 valence electrons. The summed E-state index contributed by atoms with van der Waals surface area (Å²) in [6.07, 6.45) is 3.17. The number of rotatable bonds is 5. The second kappa shape index (κ2) is 6.83. The molecule has 3 rings (SSSR count). The molecule has 0 fully saturated rings. The largest absolute Gasteiger partial charge is 0.343 e. The highest BCUT2D eigenvalue weighted by Crippen LogP contribution is 2.15. The highest BCUT2D eigenvalue weighted by atomic mass is 19.1. The zero-order chi connectivity index (χ0) is 16.1. The predicted molar refractivity (Wildman–Crippen MR) is 83.1 cm³/mol. The van der Waals surface area contributed by atoms with Crippen LogP contribution < -0.4 is 5.32 Å². The second-order valence-electron chi connectivity index (χ2n) is 5.03. The lowest BCUT2D eigenvalue weighted by Crippen LogP contribution is -2.32. The second-order valence-corrected chi connectivity index (χ2v) is 5.03. The molecule has 0 aliphatic heterocycles. The summed E-state index contributed by atoms with van der Waals surface area (Å²) >= 11 is 0. The first kappa shape index (κ1) is 14.9. The Balaban J connectivity index is 1.80. The van der Waals surface area contributed by atoms with E-state index in [9.17, 15) is 9.18 Å². The molecule has 0 radical (unpaired) electrons. The Kier molecular flexibility index (Phi) is 4.42. The van der Waals surface area contributed by atoms with Gasteiger partial charge in [-0.25, -0.2) is 4.39 Å². The first-order valence-electron chi connectivity index (χ1n) is 7.18. The smallest absolute Gasteiger partial charge is 0.251 e. The highest BCUT2D eigenvalue weighted by molar-refractivity contribution is 5.94. The molecule has 0 bridgehead atoms. The van der Waals surface area contributed by atoms with Gasteiger partial charge in [-0.2, -0.15) is 15.0 Å². The van der Waals surface area contributed by atoms with Crippen LogP contribution in [0.5, 0.6) is 0 Å². The van der Waals surface area contributed by atoms with E-state index in [4.69, 9.17) is 0 Å². The summed E-state index contributed by atoms with van der Waals surface area (Å²) in [6.45, 7) is 0.407. The Hall–Kier alpha value is -3.02.